The van der Waals surface area contributed by atoms with Crippen LogP contribution in [-0.4, -0.2) is 31.1 Å². The molecule has 1 aromatic rings. The first kappa shape index (κ1) is 14.6. The number of hydrogen-bond acceptors (Lipinski definition) is 2. The van der Waals surface area contributed by atoms with E-state index in [-0.39, 0.29) is 0 Å². The molecule has 0 aliphatic carbocycles. The van der Waals surface area contributed by atoms with E-state index in [9.17, 15) is 13.6 Å². The molecule has 1 N–H and O–H groups in total. The number of rotatable bonds is 5. The first-order valence-corrected chi connectivity index (χ1v) is 5.89. The molecule has 0 saturated carbocycles. The molecule has 3 nitrogen and oxygen atoms in total. The topological polar surface area (TPSA) is 40.5 Å². The number of carboxylic acids is 1. The number of benzene rings is 1. The van der Waals surface area contributed by atoms with E-state index < -0.39 is 18.9 Å². The van der Waals surface area contributed by atoms with Gasteiger partial charge in [-0.15, -0.1) is 0 Å². The van der Waals surface area contributed by atoms with Crippen LogP contribution in [0.4, 0.5) is 14.5 Å². The molecule has 0 bridgehead atoms. The highest BCUT2D eigenvalue weighted by atomic mass is 79.9. The molecule has 0 aliphatic rings. The van der Waals surface area contributed by atoms with E-state index in [1.165, 1.54) is 18.0 Å². The van der Waals surface area contributed by atoms with Crippen LogP contribution in [0.2, 0.25) is 0 Å². The van der Waals surface area contributed by atoms with Crippen molar-refractivity contribution in [3.63, 3.8) is 0 Å². The number of alkyl halides is 2. The van der Waals surface area contributed by atoms with Crippen molar-refractivity contribution in [2.45, 2.75) is 6.43 Å². The summed E-state index contributed by atoms with van der Waals surface area (Å²) >= 11 is 3.26. The van der Waals surface area contributed by atoms with Crippen LogP contribution in [0.1, 0.15) is 5.56 Å². The van der Waals surface area contributed by atoms with Crippen molar-refractivity contribution < 1.29 is 18.7 Å². The van der Waals surface area contributed by atoms with Gasteiger partial charge in [-0.1, -0.05) is 15.9 Å². The van der Waals surface area contributed by atoms with Gasteiger partial charge in [0.05, 0.1) is 6.54 Å². The van der Waals surface area contributed by atoms with Gasteiger partial charge >= 0.3 is 5.97 Å². The number of carboxylic acid groups (broad SMARTS) is 1. The zero-order valence-electron chi connectivity index (χ0n) is 9.61. The quantitative estimate of drug-likeness (QED) is 0.847. The molecule has 6 heteroatoms. The molecule has 0 radical (unpaired) electrons. The van der Waals surface area contributed by atoms with Crippen molar-refractivity contribution in [1.82, 2.24) is 0 Å². The van der Waals surface area contributed by atoms with Gasteiger partial charge in [0, 0.05) is 23.3 Å². The second kappa shape index (κ2) is 6.49. The van der Waals surface area contributed by atoms with E-state index >= 15 is 0 Å². The number of anilines is 1. The number of halogens is 3. The molecule has 0 saturated heterocycles. The van der Waals surface area contributed by atoms with E-state index in [1.807, 2.05) is 0 Å². The van der Waals surface area contributed by atoms with Crippen molar-refractivity contribution in [1.29, 1.82) is 0 Å². The average molecular weight is 320 g/mol. The highest BCUT2D eigenvalue weighted by Gasteiger charge is 2.11. The average Bonchev–Trinajstić information content (AvgIpc) is 2.25. The van der Waals surface area contributed by atoms with Crippen LogP contribution in [0, 0.1) is 0 Å². The minimum Gasteiger partial charge on any atom is -0.478 e. The third-order valence-corrected chi connectivity index (χ3v) is 2.71. The number of aliphatic carboxylic acids is 1. The van der Waals surface area contributed by atoms with Crippen LogP contribution in [-0.2, 0) is 4.79 Å². The minimum atomic E-state index is -2.45. The molecule has 0 aromatic heterocycles. The van der Waals surface area contributed by atoms with E-state index in [1.54, 1.807) is 18.2 Å². The SMILES string of the molecule is CN(CC(F)F)c1ccc(Br)cc1/C=C/C(=O)O. The molecule has 0 amide bonds. The lowest BCUT2D eigenvalue weighted by Gasteiger charge is -2.21. The Hall–Kier alpha value is -1.43. The third-order valence-electron chi connectivity index (χ3n) is 2.22. The van der Waals surface area contributed by atoms with Gasteiger partial charge in [0.2, 0.25) is 0 Å². The normalized spacial score (nSPS) is 11.2. The molecule has 1 aromatic carbocycles. The van der Waals surface area contributed by atoms with Crippen molar-refractivity contribution in [2.24, 2.45) is 0 Å². The summed E-state index contributed by atoms with van der Waals surface area (Å²) in [5.74, 6) is -1.09. The predicted molar refractivity (Wildman–Crippen MR) is 70.1 cm³/mol. The fourth-order valence-electron chi connectivity index (χ4n) is 1.47. The Morgan fingerprint density at radius 3 is 2.78 bits per heavy atom. The largest absolute Gasteiger partial charge is 0.478 e. The van der Waals surface area contributed by atoms with E-state index in [0.717, 1.165) is 10.5 Å². The fourth-order valence-corrected chi connectivity index (χ4v) is 1.85. The molecule has 0 spiro atoms. The van der Waals surface area contributed by atoms with Crippen LogP contribution >= 0.6 is 15.9 Å². The summed E-state index contributed by atoms with van der Waals surface area (Å²) < 4.78 is 25.4. The maximum absolute atomic E-state index is 12.3. The Morgan fingerprint density at radius 1 is 1.56 bits per heavy atom. The van der Waals surface area contributed by atoms with Gasteiger partial charge in [-0.25, -0.2) is 13.6 Å². The predicted octanol–water partition coefficient (Wildman–Crippen LogP) is 3.25. The second-order valence-electron chi connectivity index (χ2n) is 3.65. The highest BCUT2D eigenvalue weighted by molar-refractivity contribution is 9.10. The van der Waals surface area contributed by atoms with Gasteiger partial charge in [0.25, 0.3) is 6.43 Å². The Balaban J connectivity index is 3.06. The second-order valence-corrected chi connectivity index (χ2v) is 4.56. The van der Waals surface area contributed by atoms with E-state index in [0.29, 0.717) is 11.3 Å². The highest BCUT2D eigenvalue weighted by Crippen LogP contribution is 2.25. The summed E-state index contributed by atoms with van der Waals surface area (Å²) in [5, 5.41) is 8.59. The molecule has 0 heterocycles. The first-order valence-electron chi connectivity index (χ1n) is 5.10. The fraction of sp³-hybridized carbons (Fsp3) is 0.250. The van der Waals surface area contributed by atoms with Gasteiger partial charge in [-0.2, -0.15) is 0 Å². The zero-order valence-corrected chi connectivity index (χ0v) is 11.2. The van der Waals surface area contributed by atoms with Crippen molar-refractivity contribution in [3.8, 4) is 0 Å². The number of nitrogens with zero attached hydrogens (tertiary/aromatic N) is 1. The number of hydrogen-bond donors (Lipinski definition) is 1. The lowest BCUT2D eigenvalue weighted by atomic mass is 10.1. The van der Waals surface area contributed by atoms with Gasteiger partial charge in [-0.3, -0.25) is 0 Å². The molecule has 0 aliphatic heterocycles. The minimum absolute atomic E-state index is 0.407. The summed E-state index contributed by atoms with van der Waals surface area (Å²) in [4.78, 5) is 11.9. The Morgan fingerprint density at radius 2 is 2.22 bits per heavy atom. The summed E-state index contributed by atoms with van der Waals surface area (Å²) in [7, 11) is 1.54. The van der Waals surface area contributed by atoms with E-state index in [2.05, 4.69) is 15.9 Å². The lowest BCUT2D eigenvalue weighted by molar-refractivity contribution is -0.131. The van der Waals surface area contributed by atoms with Crippen molar-refractivity contribution >= 4 is 33.7 Å². The van der Waals surface area contributed by atoms with Crippen LogP contribution in [0.15, 0.2) is 28.7 Å². The zero-order chi connectivity index (χ0) is 13.7. The van der Waals surface area contributed by atoms with Crippen molar-refractivity contribution in [3.05, 3.63) is 34.3 Å². The van der Waals surface area contributed by atoms with Crippen LogP contribution in [0.3, 0.4) is 0 Å². The summed E-state index contributed by atoms with van der Waals surface area (Å²) in [6, 6.07) is 5.06. The summed E-state index contributed by atoms with van der Waals surface area (Å²) in [5.41, 5.74) is 1.12. The summed E-state index contributed by atoms with van der Waals surface area (Å²) in [6.45, 7) is -0.407. The molecule has 18 heavy (non-hydrogen) atoms. The van der Waals surface area contributed by atoms with Gasteiger partial charge in [-0.05, 0) is 29.8 Å². The Bertz CT molecular complexity index is 463. The Kier molecular flexibility index (Phi) is 5.27. The Labute approximate surface area is 112 Å². The van der Waals surface area contributed by atoms with Gasteiger partial charge in [0.15, 0.2) is 0 Å². The summed E-state index contributed by atoms with van der Waals surface area (Å²) in [6.07, 6.45) is -0.0961. The van der Waals surface area contributed by atoms with Gasteiger partial charge in [0.1, 0.15) is 0 Å². The maximum atomic E-state index is 12.3. The molecule has 98 valence electrons. The first-order chi connectivity index (χ1) is 8.40. The molecular weight excluding hydrogens is 308 g/mol. The smallest absolute Gasteiger partial charge is 0.328 e. The van der Waals surface area contributed by atoms with E-state index in [4.69, 9.17) is 5.11 Å². The maximum Gasteiger partial charge on any atom is 0.328 e. The standard InChI is InChI=1S/C12H12BrF2NO2/c1-16(7-11(14)15)10-4-3-9(13)6-8(10)2-5-12(17)18/h2-6,11H,7H2,1H3,(H,17,18)/b5-2+. The molecule has 0 atom stereocenters. The van der Waals surface area contributed by atoms with Crippen molar-refractivity contribution in [2.75, 3.05) is 18.5 Å². The third kappa shape index (κ3) is 4.44. The molecule has 0 unspecified atom stereocenters. The monoisotopic (exact) mass is 319 g/mol. The molecule has 1 rings (SSSR count). The van der Waals surface area contributed by atoms with Crippen LogP contribution in [0.5, 0.6) is 0 Å². The number of carbonyl (C=O) groups is 1. The van der Waals surface area contributed by atoms with Gasteiger partial charge < -0.3 is 10.0 Å². The molecular formula is C12H12BrF2NO2. The molecule has 0 fully saturated rings. The van der Waals surface area contributed by atoms with Crippen LogP contribution < -0.4 is 4.90 Å². The lowest BCUT2D eigenvalue weighted by Crippen LogP contribution is -2.24. The van der Waals surface area contributed by atoms with Crippen LogP contribution in [0.25, 0.3) is 6.08 Å².